The van der Waals surface area contributed by atoms with E-state index in [1.54, 1.807) is 0 Å². The van der Waals surface area contributed by atoms with Crippen molar-refractivity contribution in [2.24, 2.45) is 5.92 Å². The highest BCUT2D eigenvalue weighted by Crippen LogP contribution is 2.27. The van der Waals surface area contributed by atoms with Crippen LogP contribution in [0.1, 0.15) is 18.5 Å². The van der Waals surface area contributed by atoms with Gasteiger partial charge in [-0.15, -0.1) is 0 Å². The molecule has 1 aromatic rings. The Bertz CT molecular complexity index is 230. The average molecular weight is 147 g/mol. The number of rotatable bonds is 1. The van der Waals surface area contributed by atoms with Crippen molar-refractivity contribution in [1.29, 1.82) is 0 Å². The van der Waals surface area contributed by atoms with Gasteiger partial charge in [0.15, 0.2) is 0 Å². The Labute approximate surface area is 67.4 Å². The smallest absolute Gasteiger partial charge is 0.0358 e. The predicted molar refractivity (Wildman–Crippen MR) is 46.3 cm³/mol. The topological polar surface area (TPSA) is 12.0 Å². The van der Waals surface area contributed by atoms with Crippen LogP contribution in [0.5, 0.6) is 0 Å². The van der Waals surface area contributed by atoms with E-state index in [2.05, 4.69) is 42.6 Å². The number of nitrogens with one attached hydrogen (secondary N) is 1. The summed E-state index contributed by atoms with van der Waals surface area (Å²) in [6.07, 6.45) is 0. The molecule has 1 saturated heterocycles. The maximum Gasteiger partial charge on any atom is 0.0358 e. The molecule has 1 fully saturated rings. The van der Waals surface area contributed by atoms with Crippen LogP contribution in [0.25, 0.3) is 0 Å². The Morgan fingerprint density at radius 3 is 2.45 bits per heavy atom. The number of hydrogen-bond acceptors (Lipinski definition) is 1. The molecule has 0 aliphatic carbocycles. The molecule has 11 heavy (non-hydrogen) atoms. The fourth-order valence-corrected chi connectivity index (χ4v) is 1.58. The summed E-state index contributed by atoms with van der Waals surface area (Å²) < 4.78 is 0. The Hall–Kier alpha value is -0.820. The Morgan fingerprint density at radius 2 is 2.00 bits per heavy atom. The molecule has 1 aliphatic heterocycles. The maximum atomic E-state index is 3.41. The van der Waals surface area contributed by atoms with E-state index in [4.69, 9.17) is 0 Å². The van der Waals surface area contributed by atoms with Crippen LogP contribution in [-0.4, -0.2) is 6.54 Å². The first-order valence-corrected chi connectivity index (χ1v) is 4.16. The van der Waals surface area contributed by atoms with Crippen LogP contribution < -0.4 is 5.32 Å². The van der Waals surface area contributed by atoms with E-state index in [0.29, 0.717) is 6.04 Å². The van der Waals surface area contributed by atoms with Gasteiger partial charge in [-0.25, -0.2) is 0 Å². The molecule has 0 amide bonds. The lowest BCUT2D eigenvalue weighted by atomic mass is 9.88. The first-order valence-electron chi connectivity index (χ1n) is 4.16. The van der Waals surface area contributed by atoms with Gasteiger partial charge in [0.25, 0.3) is 0 Å². The molecule has 1 aliphatic rings. The highest BCUT2D eigenvalue weighted by Gasteiger charge is 2.26. The lowest BCUT2D eigenvalue weighted by molar-refractivity contribution is 0.258. The van der Waals surface area contributed by atoms with E-state index >= 15 is 0 Å². The molecule has 1 heteroatoms. The van der Waals surface area contributed by atoms with Crippen molar-refractivity contribution < 1.29 is 0 Å². The lowest BCUT2D eigenvalue weighted by Crippen LogP contribution is -2.43. The van der Waals surface area contributed by atoms with Gasteiger partial charge >= 0.3 is 0 Å². The highest BCUT2D eigenvalue weighted by molar-refractivity contribution is 5.21. The summed E-state index contributed by atoms with van der Waals surface area (Å²) in [6, 6.07) is 11.2. The standard InChI is InChI=1S/C10H13N/c1-8-7-11-10(8)9-5-3-2-4-6-9/h2-6,8,10-11H,7H2,1H3/t8-,10-/m0/s1. The Balaban J connectivity index is 2.17. The van der Waals surface area contributed by atoms with Crippen molar-refractivity contribution in [2.45, 2.75) is 13.0 Å². The third-order valence-electron chi connectivity index (χ3n) is 2.39. The minimum absolute atomic E-state index is 0.608. The first-order chi connectivity index (χ1) is 5.38. The van der Waals surface area contributed by atoms with Crippen molar-refractivity contribution >= 4 is 0 Å². The summed E-state index contributed by atoms with van der Waals surface area (Å²) in [7, 11) is 0. The van der Waals surface area contributed by atoms with Gasteiger partial charge < -0.3 is 5.32 Å². The Morgan fingerprint density at radius 1 is 1.27 bits per heavy atom. The molecule has 0 bridgehead atoms. The second-order valence-electron chi connectivity index (χ2n) is 3.27. The molecule has 1 heterocycles. The summed E-state index contributed by atoms with van der Waals surface area (Å²) in [5.41, 5.74) is 1.42. The molecule has 2 rings (SSSR count). The second kappa shape index (κ2) is 2.67. The van der Waals surface area contributed by atoms with E-state index < -0.39 is 0 Å². The summed E-state index contributed by atoms with van der Waals surface area (Å²) in [6.45, 7) is 3.45. The van der Waals surface area contributed by atoms with Crippen molar-refractivity contribution in [3.05, 3.63) is 35.9 Å². The molecule has 0 radical (unpaired) electrons. The lowest BCUT2D eigenvalue weighted by Gasteiger charge is -2.35. The number of hydrogen-bond donors (Lipinski definition) is 1. The van der Waals surface area contributed by atoms with Gasteiger partial charge in [0.1, 0.15) is 0 Å². The molecule has 0 spiro atoms. The molecule has 1 aromatic carbocycles. The first kappa shape index (κ1) is 6.86. The molecular weight excluding hydrogens is 134 g/mol. The molecule has 1 nitrogen and oxygen atoms in total. The SMILES string of the molecule is C[C@H]1CN[C@@H]1c1ccccc1. The normalized spacial score (nSPS) is 29.5. The van der Waals surface area contributed by atoms with E-state index in [1.165, 1.54) is 12.1 Å². The van der Waals surface area contributed by atoms with Crippen LogP contribution in [0.3, 0.4) is 0 Å². The summed E-state index contributed by atoms with van der Waals surface area (Å²) in [4.78, 5) is 0. The highest BCUT2D eigenvalue weighted by atomic mass is 15.0. The van der Waals surface area contributed by atoms with Crippen molar-refractivity contribution in [3.8, 4) is 0 Å². The van der Waals surface area contributed by atoms with Gasteiger partial charge in [-0.05, 0) is 11.5 Å². The van der Waals surface area contributed by atoms with Gasteiger partial charge in [-0.3, -0.25) is 0 Å². The fraction of sp³-hybridized carbons (Fsp3) is 0.400. The Kier molecular flexibility index (Phi) is 1.66. The predicted octanol–water partition coefficient (Wildman–Crippen LogP) is 1.97. The van der Waals surface area contributed by atoms with Crippen molar-refractivity contribution in [3.63, 3.8) is 0 Å². The zero-order chi connectivity index (χ0) is 7.68. The van der Waals surface area contributed by atoms with Crippen LogP contribution in [0.15, 0.2) is 30.3 Å². The second-order valence-corrected chi connectivity index (χ2v) is 3.27. The number of benzene rings is 1. The minimum atomic E-state index is 0.608. The van der Waals surface area contributed by atoms with Crippen LogP contribution in [-0.2, 0) is 0 Å². The van der Waals surface area contributed by atoms with Crippen LogP contribution >= 0.6 is 0 Å². The van der Waals surface area contributed by atoms with Crippen LogP contribution in [0.4, 0.5) is 0 Å². The van der Waals surface area contributed by atoms with Gasteiger partial charge in [-0.2, -0.15) is 0 Å². The molecule has 0 unspecified atom stereocenters. The van der Waals surface area contributed by atoms with E-state index in [-0.39, 0.29) is 0 Å². The largest absolute Gasteiger partial charge is 0.309 e. The van der Waals surface area contributed by atoms with E-state index in [0.717, 1.165) is 5.92 Å². The fourth-order valence-electron chi connectivity index (χ4n) is 1.58. The zero-order valence-corrected chi connectivity index (χ0v) is 6.75. The quantitative estimate of drug-likeness (QED) is 0.640. The summed E-state index contributed by atoms with van der Waals surface area (Å²) in [5, 5.41) is 3.41. The van der Waals surface area contributed by atoms with Crippen molar-refractivity contribution in [1.82, 2.24) is 5.32 Å². The molecule has 0 saturated carbocycles. The van der Waals surface area contributed by atoms with Crippen molar-refractivity contribution in [2.75, 3.05) is 6.54 Å². The summed E-state index contributed by atoms with van der Waals surface area (Å²) >= 11 is 0. The van der Waals surface area contributed by atoms with Crippen LogP contribution in [0.2, 0.25) is 0 Å². The summed E-state index contributed by atoms with van der Waals surface area (Å²) in [5.74, 6) is 0.803. The average Bonchev–Trinajstić information content (AvgIpc) is 2.04. The zero-order valence-electron chi connectivity index (χ0n) is 6.75. The van der Waals surface area contributed by atoms with Gasteiger partial charge in [-0.1, -0.05) is 37.3 Å². The third-order valence-corrected chi connectivity index (χ3v) is 2.39. The molecule has 58 valence electrons. The monoisotopic (exact) mass is 147 g/mol. The molecule has 0 aromatic heterocycles. The van der Waals surface area contributed by atoms with Gasteiger partial charge in [0.2, 0.25) is 0 Å². The van der Waals surface area contributed by atoms with E-state index in [9.17, 15) is 0 Å². The minimum Gasteiger partial charge on any atom is -0.309 e. The third kappa shape index (κ3) is 1.16. The molecular formula is C10H13N. The van der Waals surface area contributed by atoms with E-state index in [1.807, 2.05) is 0 Å². The van der Waals surface area contributed by atoms with Gasteiger partial charge in [0, 0.05) is 12.6 Å². The maximum absolute atomic E-state index is 3.41. The van der Waals surface area contributed by atoms with Crippen LogP contribution in [0, 0.1) is 5.92 Å². The molecule has 2 atom stereocenters. The molecule has 1 N–H and O–H groups in total. The van der Waals surface area contributed by atoms with Gasteiger partial charge in [0.05, 0.1) is 0 Å².